The van der Waals surface area contributed by atoms with E-state index in [1.807, 2.05) is 18.7 Å². The van der Waals surface area contributed by atoms with Crippen molar-refractivity contribution >= 4 is 0 Å². The summed E-state index contributed by atoms with van der Waals surface area (Å²) >= 11 is 0. The maximum atomic E-state index is 11.5. The number of nitrogens with zero attached hydrogens (tertiary/aromatic N) is 1. The van der Waals surface area contributed by atoms with Crippen molar-refractivity contribution in [2.75, 3.05) is 13.1 Å². The Morgan fingerprint density at radius 2 is 1.89 bits per heavy atom. The minimum Gasteiger partial charge on any atom is -0.276 e. The summed E-state index contributed by atoms with van der Waals surface area (Å²) in [5.74, 6) is 0. The summed E-state index contributed by atoms with van der Waals surface area (Å²) in [6.07, 6.45) is -0.403. The van der Waals surface area contributed by atoms with Crippen LogP contribution in [0.3, 0.4) is 0 Å². The molecule has 9 heavy (non-hydrogen) atoms. The molecule has 0 fully saturated rings. The molecular formula is C6H14FNO. The van der Waals surface area contributed by atoms with Crippen LogP contribution in [0.25, 0.3) is 0 Å². The zero-order valence-corrected chi connectivity index (χ0v) is 6.22. The average molecular weight is 135 g/mol. The van der Waals surface area contributed by atoms with Crippen LogP contribution in [0.15, 0.2) is 0 Å². The summed E-state index contributed by atoms with van der Waals surface area (Å²) in [4.78, 5) is 5.50. The van der Waals surface area contributed by atoms with Gasteiger partial charge in [-0.3, -0.25) is 4.90 Å². The summed E-state index contributed by atoms with van der Waals surface area (Å²) in [5, 5.41) is 0. The van der Waals surface area contributed by atoms with Crippen molar-refractivity contribution in [1.29, 1.82) is 0 Å². The molecule has 2 nitrogen and oxygen atoms in total. The second-order valence-corrected chi connectivity index (χ2v) is 1.91. The van der Waals surface area contributed by atoms with Crippen LogP contribution in [-0.4, -0.2) is 24.2 Å². The Morgan fingerprint density at radius 3 is 2.00 bits per heavy atom. The lowest BCUT2D eigenvalue weighted by atomic mass is 10.5. The molecule has 0 heterocycles. The Hall–Kier alpha value is -0.150. The molecule has 0 aromatic heterocycles. The highest BCUT2D eigenvalue weighted by atomic mass is 19.3. The SMILES string of the molecule is CCN(CC)C(C)OF. The smallest absolute Gasteiger partial charge is 0.148 e. The number of halogens is 1. The van der Waals surface area contributed by atoms with Gasteiger partial charge in [-0.05, 0) is 24.5 Å². The van der Waals surface area contributed by atoms with Crippen LogP contribution in [-0.2, 0) is 4.94 Å². The van der Waals surface area contributed by atoms with Crippen molar-refractivity contribution < 1.29 is 9.47 Å². The van der Waals surface area contributed by atoms with Gasteiger partial charge < -0.3 is 0 Å². The summed E-state index contributed by atoms with van der Waals surface area (Å²) in [7, 11) is 0. The van der Waals surface area contributed by atoms with E-state index in [0.717, 1.165) is 13.1 Å². The van der Waals surface area contributed by atoms with E-state index >= 15 is 0 Å². The third kappa shape index (κ3) is 2.77. The number of hydrogen-bond acceptors (Lipinski definition) is 2. The van der Waals surface area contributed by atoms with Crippen LogP contribution in [0.4, 0.5) is 4.53 Å². The third-order valence-corrected chi connectivity index (χ3v) is 1.46. The molecule has 1 unspecified atom stereocenters. The molecule has 0 amide bonds. The summed E-state index contributed by atoms with van der Waals surface area (Å²) in [5.41, 5.74) is 0. The minimum atomic E-state index is -0.403. The highest BCUT2D eigenvalue weighted by Gasteiger charge is 2.08. The largest absolute Gasteiger partial charge is 0.276 e. The highest BCUT2D eigenvalue weighted by molar-refractivity contribution is 4.50. The van der Waals surface area contributed by atoms with Crippen LogP contribution in [0.1, 0.15) is 20.8 Å². The predicted octanol–water partition coefficient (Wildman–Crippen LogP) is 1.58. The van der Waals surface area contributed by atoms with Gasteiger partial charge in [0.2, 0.25) is 0 Å². The molecule has 0 N–H and O–H groups in total. The fourth-order valence-electron chi connectivity index (χ4n) is 0.794. The molecule has 0 saturated heterocycles. The van der Waals surface area contributed by atoms with E-state index in [1.165, 1.54) is 0 Å². The zero-order valence-electron chi connectivity index (χ0n) is 6.22. The van der Waals surface area contributed by atoms with Crippen LogP contribution in [0.2, 0.25) is 0 Å². The molecule has 1 atom stereocenters. The Bertz CT molecular complexity index is 66.1. The Labute approximate surface area is 55.5 Å². The van der Waals surface area contributed by atoms with Crippen LogP contribution >= 0.6 is 0 Å². The van der Waals surface area contributed by atoms with E-state index in [0.29, 0.717) is 0 Å². The van der Waals surface area contributed by atoms with Gasteiger partial charge in [0.15, 0.2) is 0 Å². The predicted molar refractivity (Wildman–Crippen MR) is 34.6 cm³/mol. The first-order chi connectivity index (χ1) is 4.26. The van der Waals surface area contributed by atoms with Gasteiger partial charge in [0.25, 0.3) is 0 Å². The zero-order chi connectivity index (χ0) is 7.28. The Balaban J connectivity index is 3.50. The normalized spacial score (nSPS) is 14.3. The lowest BCUT2D eigenvalue weighted by molar-refractivity contribution is -0.220. The molecule has 0 aromatic carbocycles. The molecule has 0 saturated carbocycles. The summed E-state index contributed by atoms with van der Waals surface area (Å²) < 4.78 is 11.5. The third-order valence-electron chi connectivity index (χ3n) is 1.46. The number of rotatable bonds is 4. The average Bonchev–Trinajstić information content (AvgIpc) is 1.90. The van der Waals surface area contributed by atoms with E-state index in [2.05, 4.69) is 4.94 Å². The van der Waals surface area contributed by atoms with Crippen LogP contribution < -0.4 is 0 Å². The van der Waals surface area contributed by atoms with Gasteiger partial charge in [-0.25, -0.2) is 0 Å². The van der Waals surface area contributed by atoms with E-state index in [1.54, 1.807) is 6.92 Å². The van der Waals surface area contributed by atoms with Gasteiger partial charge in [-0.15, -0.1) is 0 Å². The fraction of sp³-hybridized carbons (Fsp3) is 1.00. The molecule has 56 valence electrons. The van der Waals surface area contributed by atoms with Crippen LogP contribution in [0, 0.1) is 0 Å². The standard InChI is InChI=1S/C6H14FNO/c1-4-8(5-2)6(3)9-7/h6H,4-5H2,1-3H3. The molecule has 0 radical (unpaired) electrons. The van der Waals surface area contributed by atoms with Gasteiger partial charge >= 0.3 is 0 Å². The van der Waals surface area contributed by atoms with Crippen LogP contribution in [0.5, 0.6) is 0 Å². The Kier molecular flexibility index (Phi) is 4.62. The van der Waals surface area contributed by atoms with Crippen molar-refractivity contribution in [3.05, 3.63) is 0 Å². The van der Waals surface area contributed by atoms with Crippen molar-refractivity contribution in [3.8, 4) is 0 Å². The molecule has 0 spiro atoms. The van der Waals surface area contributed by atoms with Crippen molar-refractivity contribution in [2.45, 2.75) is 27.0 Å². The molecule has 0 bridgehead atoms. The van der Waals surface area contributed by atoms with Gasteiger partial charge in [-0.1, -0.05) is 13.8 Å². The van der Waals surface area contributed by atoms with E-state index in [-0.39, 0.29) is 0 Å². The van der Waals surface area contributed by atoms with E-state index in [4.69, 9.17) is 0 Å². The summed E-state index contributed by atoms with van der Waals surface area (Å²) in [6.45, 7) is 7.27. The first-order valence-electron chi connectivity index (χ1n) is 3.27. The lowest BCUT2D eigenvalue weighted by Crippen LogP contribution is -2.32. The maximum Gasteiger partial charge on any atom is 0.148 e. The fourth-order valence-corrected chi connectivity index (χ4v) is 0.794. The van der Waals surface area contributed by atoms with Crippen molar-refractivity contribution in [1.82, 2.24) is 4.90 Å². The first kappa shape index (κ1) is 8.85. The second-order valence-electron chi connectivity index (χ2n) is 1.91. The van der Waals surface area contributed by atoms with Crippen molar-refractivity contribution in [3.63, 3.8) is 0 Å². The van der Waals surface area contributed by atoms with Gasteiger partial charge in [0, 0.05) is 0 Å². The molecular weight excluding hydrogens is 121 g/mol. The molecule has 0 aliphatic rings. The Morgan fingerprint density at radius 1 is 1.44 bits per heavy atom. The second kappa shape index (κ2) is 4.70. The maximum absolute atomic E-state index is 11.5. The molecule has 0 aromatic rings. The van der Waals surface area contributed by atoms with Crippen molar-refractivity contribution in [2.24, 2.45) is 0 Å². The monoisotopic (exact) mass is 135 g/mol. The van der Waals surface area contributed by atoms with Gasteiger partial charge in [-0.2, -0.15) is 4.94 Å². The first-order valence-corrected chi connectivity index (χ1v) is 3.27. The molecule has 0 aliphatic carbocycles. The summed E-state index contributed by atoms with van der Waals surface area (Å²) in [6, 6.07) is 0. The highest BCUT2D eigenvalue weighted by Crippen LogP contribution is 1.98. The topological polar surface area (TPSA) is 12.5 Å². The van der Waals surface area contributed by atoms with Gasteiger partial charge in [0.1, 0.15) is 6.23 Å². The van der Waals surface area contributed by atoms with E-state index < -0.39 is 6.23 Å². The minimum absolute atomic E-state index is 0.403. The quantitative estimate of drug-likeness (QED) is 0.542. The van der Waals surface area contributed by atoms with E-state index in [9.17, 15) is 4.53 Å². The molecule has 0 aliphatic heterocycles. The molecule has 0 rings (SSSR count). The number of hydrogen-bond donors (Lipinski definition) is 0. The van der Waals surface area contributed by atoms with Gasteiger partial charge in [0.05, 0.1) is 0 Å². The lowest BCUT2D eigenvalue weighted by Gasteiger charge is -2.21. The molecule has 3 heteroatoms.